The Morgan fingerprint density at radius 1 is 1.03 bits per heavy atom. The maximum atomic E-state index is 13.1. The molecule has 2 N–H and O–H groups in total. The van der Waals surface area contributed by atoms with Crippen LogP contribution in [0.15, 0.2) is 24.3 Å². The first-order valence-electron chi connectivity index (χ1n) is 12.3. The largest absolute Gasteiger partial charge is 0.369 e. The first-order valence-corrected chi connectivity index (χ1v) is 12.6. The average molecular weight is 448 g/mol. The number of rotatable bonds is 10. The van der Waals surface area contributed by atoms with Crippen molar-refractivity contribution >= 4 is 17.5 Å². The number of nitrogens with two attached hydrogens (primary N) is 1. The minimum atomic E-state index is -0.669. The molecule has 4 nitrogen and oxygen atoms in total. The number of halogens is 1. The molecule has 3 aliphatic rings. The zero-order valence-electron chi connectivity index (χ0n) is 19.9. The van der Waals surface area contributed by atoms with E-state index in [2.05, 4.69) is 37.5 Å². The molecule has 31 heavy (non-hydrogen) atoms. The van der Waals surface area contributed by atoms with Crippen LogP contribution in [0.1, 0.15) is 71.8 Å². The second-order valence-corrected chi connectivity index (χ2v) is 11.0. The molecule has 2 heterocycles. The van der Waals surface area contributed by atoms with E-state index in [-0.39, 0.29) is 5.91 Å². The number of nitrogens with zero attached hydrogens (tertiary/aromatic N) is 2. The highest BCUT2D eigenvalue weighted by molar-refractivity contribution is 6.30. The van der Waals surface area contributed by atoms with Crippen molar-refractivity contribution in [3.63, 3.8) is 0 Å². The number of hydrogen-bond donors (Lipinski definition) is 1. The third kappa shape index (κ3) is 6.03. The van der Waals surface area contributed by atoms with Gasteiger partial charge in [-0.1, -0.05) is 23.7 Å². The molecule has 1 aliphatic carbocycles. The molecule has 2 aliphatic heterocycles. The molecule has 3 fully saturated rings. The van der Waals surface area contributed by atoms with Crippen molar-refractivity contribution in [2.24, 2.45) is 17.6 Å². The number of hydrogen-bond acceptors (Lipinski definition) is 3. The van der Waals surface area contributed by atoms with Gasteiger partial charge in [-0.25, -0.2) is 0 Å². The normalized spacial score (nSPS) is 24.0. The van der Waals surface area contributed by atoms with Crippen LogP contribution in [0.2, 0.25) is 5.02 Å². The number of carbonyl (C=O) groups excluding carboxylic acids is 1. The van der Waals surface area contributed by atoms with E-state index in [0.717, 1.165) is 43.3 Å². The molecule has 0 spiro atoms. The number of carbonyl (C=O) groups is 1. The molecule has 2 bridgehead atoms. The third-order valence-corrected chi connectivity index (χ3v) is 8.10. The van der Waals surface area contributed by atoms with E-state index in [1.54, 1.807) is 0 Å². The Bertz CT molecular complexity index is 690. The molecular formula is C26H42ClN3O. The van der Waals surface area contributed by atoms with E-state index in [9.17, 15) is 4.79 Å². The molecule has 174 valence electrons. The molecule has 1 amide bonds. The van der Waals surface area contributed by atoms with Crippen LogP contribution in [0.25, 0.3) is 0 Å². The van der Waals surface area contributed by atoms with Crippen LogP contribution >= 0.6 is 11.6 Å². The van der Waals surface area contributed by atoms with Crippen LogP contribution in [0.4, 0.5) is 0 Å². The predicted octanol–water partition coefficient (Wildman–Crippen LogP) is 5.08. The lowest BCUT2D eigenvalue weighted by atomic mass is 9.73. The van der Waals surface area contributed by atoms with E-state index in [4.69, 9.17) is 17.3 Å². The highest BCUT2D eigenvalue weighted by atomic mass is 35.5. The lowest BCUT2D eigenvalue weighted by Crippen LogP contribution is -2.48. The molecule has 2 saturated heterocycles. The Morgan fingerprint density at radius 3 is 2.00 bits per heavy atom. The fourth-order valence-electron chi connectivity index (χ4n) is 5.94. The van der Waals surface area contributed by atoms with Crippen molar-refractivity contribution in [2.45, 2.75) is 83.7 Å². The summed E-state index contributed by atoms with van der Waals surface area (Å²) < 4.78 is 0. The minimum absolute atomic E-state index is 0.208. The molecule has 0 aromatic heterocycles. The van der Waals surface area contributed by atoms with Crippen LogP contribution in [-0.4, -0.2) is 54.0 Å². The standard InChI is InChI=1S/C26H42ClN3O/c1-19(2)30(20(3)4)16-14-26(25(28)31,23-9-11-24(27)12-10-23)13-15-29-17-21-5-6-22(18-29)8-7-21/h9-12,19-22H,5-8,13-18H2,1-4H3,(H2,28,31). The van der Waals surface area contributed by atoms with Crippen LogP contribution in [0.5, 0.6) is 0 Å². The first kappa shape index (κ1) is 24.5. The molecular weight excluding hydrogens is 406 g/mol. The molecule has 1 unspecified atom stereocenters. The van der Waals surface area contributed by atoms with Gasteiger partial charge in [0, 0.05) is 36.7 Å². The molecule has 1 aromatic carbocycles. The van der Waals surface area contributed by atoms with Gasteiger partial charge in [-0.15, -0.1) is 0 Å². The summed E-state index contributed by atoms with van der Waals surface area (Å²) in [7, 11) is 0. The Balaban J connectivity index is 1.83. The highest BCUT2D eigenvalue weighted by Crippen LogP contribution is 2.37. The van der Waals surface area contributed by atoms with Gasteiger partial charge >= 0.3 is 0 Å². The molecule has 1 atom stereocenters. The van der Waals surface area contributed by atoms with Crippen LogP contribution in [0, 0.1) is 11.8 Å². The van der Waals surface area contributed by atoms with Crippen LogP contribution in [-0.2, 0) is 10.2 Å². The van der Waals surface area contributed by atoms with E-state index in [1.807, 2.05) is 24.3 Å². The van der Waals surface area contributed by atoms with Gasteiger partial charge in [0.1, 0.15) is 0 Å². The van der Waals surface area contributed by atoms with Gasteiger partial charge in [0.2, 0.25) is 5.91 Å². The van der Waals surface area contributed by atoms with E-state index < -0.39 is 5.41 Å². The number of primary amides is 1. The summed E-state index contributed by atoms with van der Waals surface area (Å²) >= 11 is 6.18. The summed E-state index contributed by atoms with van der Waals surface area (Å²) in [5.74, 6) is 1.45. The zero-order chi connectivity index (χ0) is 22.6. The SMILES string of the molecule is CC(C)N(CCC(CCN1CC2CCC(CC2)C1)(C(N)=O)c1ccc(Cl)cc1)C(C)C. The highest BCUT2D eigenvalue weighted by Gasteiger charge is 2.40. The van der Waals surface area contributed by atoms with Crippen molar-refractivity contribution in [3.05, 3.63) is 34.9 Å². The van der Waals surface area contributed by atoms with Gasteiger partial charge in [0.05, 0.1) is 5.41 Å². The first-order chi connectivity index (χ1) is 14.7. The Morgan fingerprint density at radius 2 is 1.55 bits per heavy atom. The molecule has 4 rings (SSSR count). The Labute approximate surface area is 194 Å². The second kappa shape index (κ2) is 10.7. The molecule has 1 aromatic rings. The fourth-order valence-corrected chi connectivity index (χ4v) is 6.06. The lowest BCUT2D eigenvalue weighted by molar-refractivity contribution is -0.124. The number of benzene rings is 1. The quantitative estimate of drug-likeness (QED) is 0.543. The van der Waals surface area contributed by atoms with Crippen molar-refractivity contribution in [1.82, 2.24) is 9.80 Å². The Hall–Kier alpha value is -1.10. The van der Waals surface area contributed by atoms with Gasteiger partial charge in [0.15, 0.2) is 0 Å². The van der Waals surface area contributed by atoms with E-state index in [0.29, 0.717) is 17.1 Å². The Kier molecular flexibility index (Phi) is 8.45. The van der Waals surface area contributed by atoms with Crippen LogP contribution in [0.3, 0.4) is 0 Å². The van der Waals surface area contributed by atoms with Gasteiger partial charge in [-0.3, -0.25) is 9.69 Å². The van der Waals surface area contributed by atoms with Crippen molar-refractivity contribution in [1.29, 1.82) is 0 Å². The van der Waals surface area contributed by atoms with Gasteiger partial charge in [-0.05, 0) is 102 Å². The van der Waals surface area contributed by atoms with E-state index >= 15 is 0 Å². The third-order valence-electron chi connectivity index (χ3n) is 7.85. The number of amides is 1. The summed E-state index contributed by atoms with van der Waals surface area (Å²) in [6.07, 6.45) is 7.00. The van der Waals surface area contributed by atoms with E-state index in [1.165, 1.54) is 38.8 Å². The fraction of sp³-hybridized carbons (Fsp3) is 0.731. The van der Waals surface area contributed by atoms with Crippen molar-refractivity contribution < 1.29 is 4.79 Å². The van der Waals surface area contributed by atoms with Crippen molar-refractivity contribution in [3.8, 4) is 0 Å². The van der Waals surface area contributed by atoms with Gasteiger partial charge < -0.3 is 10.6 Å². The summed E-state index contributed by atoms with van der Waals surface area (Å²) in [6.45, 7) is 13.0. The monoisotopic (exact) mass is 447 g/mol. The van der Waals surface area contributed by atoms with Crippen LogP contribution < -0.4 is 5.73 Å². The molecule has 0 radical (unpaired) electrons. The zero-order valence-corrected chi connectivity index (χ0v) is 20.7. The summed E-state index contributed by atoms with van der Waals surface area (Å²) in [5.41, 5.74) is 6.52. The second-order valence-electron chi connectivity index (χ2n) is 10.5. The van der Waals surface area contributed by atoms with Gasteiger partial charge in [-0.2, -0.15) is 0 Å². The predicted molar refractivity (Wildman–Crippen MR) is 130 cm³/mol. The topological polar surface area (TPSA) is 49.6 Å². The molecule has 1 saturated carbocycles. The maximum Gasteiger partial charge on any atom is 0.228 e. The smallest absolute Gasteiger partial charge is 0.228 e. The summed E-state index contributed by atoms with van der Waals surface area (Å²) in [5, 5.41) is 0.692. The average Bonchev–Trinajstić information content (AvgIpc) is 3.03. The minimum Gasteiger partial charge on any atom is -0.369 e. The summed E-state index contributed by atoms with van der Waals surface area (Å²) in [6, 6.07) is 8.66. The summed E-state index contributed by atoms with van der Waals surface area (Å²) in [4.78, 5) is 18.2. The van der Waals surface area contributed by atoms with Gasteiger partial charge in [0.25, 0.3) is 0 Å². The number of fused-ring (bicyclic) bond motifs is 4. The van der Waals surface area contributed by atoms with Crippen molar-refractivity contribution in [2.75, 3.05) is 26.2 Å². The maximum absolute atomic E-state index is 13.1. The molecule has 5 heteroatoms. The lowest BCUT2D eigenvalue weighted by Gasteiger charge is -2.38.